The number of carboxylic acids is 1. The van der Waals surface area contributed by atoms with Gasteiger partial charge in [0, 0.05) is 11.5 Å². The lowest BCUT2D eigenvalue weighted by molar-refractivity contribution is 0.0701. The molecule has 0 aliphatic carbocycles. The van der Waals surface area contributed by atoms with Gasteiger partial charge in [-0.15, -0.1) is 11.3 Å². The number of aromatic carboxylic acids is 1. The van der Waals surface area contributed by atoms with Gasteiger partial charge < -0.3 is 5.11 Å². The molecule has 0 aliphatic rings. The smallest absolute Gasteiger partial charge is 0.346 e. The van der Waals surface area contributed by atoms with Crippen LogP contribution in [0.15, 0.2) is 12.1 Å². The average molecular weight is 228 g/mol. The van der Waals surface area contributed by atoms with Gasteiger partial charge >= 0.3 is 5.97 Å². The SMILES string of the molecule is Cc1c(C(=O)O)sc2c(F)cc(F)cc12. The number of carboxylic acid groups (broad SMARTS) is 1. The van der Waals surface area contributed by atoms with Crippen LogP contribution in [0.4, 0.5) is 8.78 Å². The molecule has 0 aliphatic heterocycles. The normalized spacial score (nSPS) is 10.9. The molecule has 1 heterocycles. The lowest BCUT2D eigenvalue weighted by Gasteiger charge is -1.94. The van der Waals surface area contributed by atoms with Crippen LogP contribution in [0, 0.1) is 18.6 Å². The maximum atomic E-state index is 13.3. The van der Waals surface area contributed by atoms with E-state index in [0.717, 1.165) is 23.5 Å². The van der Waals surface area contributed by atoms with Gasteiger partial charge in [0.2, 0.25) is 0 Å². The molecule has 78 valence electrons. The van der Waals surface area contributed by atoms with Crippen molar-refractivity contribution < 1.29 is 18.7 Å². The third-order valence-corrected chi connectivity index (χ3v) is 3.46. The summed E-state index contributed by atoms with van der Waals surface area (Å²) in [6, 6.07) is 1.90. The first-order valence-electron chi connectivity index (χ1n) is 4.12. The van der Waals surface area contributed by atoms with Gasteiger partial charge in [0.25, 0.3) is 0 Å². The zero-order valence-electron chi connectivity index (χ0n) is 7.67. The number of hydrogen-bond donors (Lipinski definition) is 1. The molecule has 0 fully saturated rings. The van der Waals surface area contributed by atoms with Crippen molar-refractivity contribution in [2.24, 2.45) is 0 Å². The van der Waals surface area contributed by atoms with Crippen LogP contribution < -0.4 is 0 Å². The molecule has 1 aromatic heterocycles. The Labute approximate surface area is 87.8 Å². The van der Waals surface area contributed by atoms with Crippen LogP contribution >= 0.6 is 11.3 Å². The summed E-state index contributed by atoms with van der Waals surface area (Å²) in [5.74, 6) is -2.53. The predicted octanol–water partition coefficient (Wildman–Crippen LogP) is 3.19. The van der Waals surface area contributed by atoms with E-state index in [1.165, 1.54) is 0 Å². The van der Waals surface area contributed by atoms with Crippen LogP contribution in [0.3, 0.4) is 0 Å². The fraction of sp³-hybridized carbons (Fsp3) is 0.100. The molecule has 1 aromatic carbocycles. The molecule has 0 atom stereocenters. The third kappa shape index (κ3) is 1.48. The van der Waals surface area contributed by atoms with Gasteiger partial charge in [-0.1, -0.05) is 0 Å². The number of aryl methyl sites for hydroxylation is 1. The molecular formula is C10H6F2O2S. The molecule has 0 bridgehead atoms. The Balaban J connectivity index is 2.88. The van der Waals surface area contributed by atoms with E-state index >= 15 is 0 Å². The van der Waals surface area contributed by atoms with Gasteiger partial charge in [0.05, 0.1) is 4.70 Å². The number of carbonyl (C=O) groups is 1. The van der Waals surface area contributed by atoms with Crippen molar-refractivity contribution in [2.75, 3.05) is 0 Å². The molecule has 2 rings (SSSR count). The molecule has 1 N–H and O–H groups in total. The highest BCUT2D eigenvalue weighted by atomic mass is 32.1. The highest BCUT2D eigenvalue weighted by Crippen LogP contribution is 2.33. The molecule has 15 heavy (non-hydrogen) atoms. The predicted molar refractivity (Wildman–Crippen MR) is 53.4 cm³/mol. The Kier molecular flexibility index (Phi) is 2.19. The molecule has 2 nitrogen and oxygen atoms in total. The summed E-state index contributed by atoms with van der Waals surface area (Å²) in [7, 11) is 0. The van der Waals surface area contributed by atoms with Crippen molar-refractivity contribution in [3.05, 3.63) is 34.2 Å². The van der Waals surface area contributed by atoms with Crippen LogP contribution in [0.5, 0.6) is 0 Å². The first-order valence-corrected chi connectivity index (χ1v) is 4.94. The van der Waals surface area contributed by atoms with E-state index in [2.05, 4.69) is 0 Å². The second-order valence-corrected chi connectivity index (χ2v) is 4.15. The van der Waals surface area contributed by atoms with Crippen molar-refractivity contribution in [3.8, 4) is 0 Å². The van der Waals surface area contributed by atoms with Crippen LogP contribution in [-0.2, 0) is 0 Å². The number of benzene rings is 1. The molecule has 2 aromatic rings. The van der Waals surface area contributed by atoms with E-state index in [-0.39, 0.29) is 9.58 Å². The molecule has 0 radical (unpaired) electrons. The number of thiophene rings is 1. The van der Waals surface area contributed by atoms with E-state index in [1.54, 1.807) is 6.92 Å². The Morgan fingerprint density at radius 2 is 2.07 bits per heavy atom. The standard InChI is InChI=1S/C10H6F2O2S/c1-4-6-2-5(11)3-7(12)9(6)15-8(4)10(13)14/h2-3H,1H3,(H,13,14). The van der Waals surface area contributed by atoms with Gasteiger partial charge in [-0.25, -0.2) is 13.6 Å². The number of hydrogen-bond acceptors (Lipinski definition) is 2. The molecular weight excluding hydrogens is 222 g/mol. The van der Waals surface area contributed by atoms with E-state index < -0.39 is 17.6 Å². The van der Waals surface area contributed by atoms with Gasteiger partial charge in [0.15, 0.2) is 0 Å². The van der Waals surface area contributed by atoms with Gasteiger partial charge in [-0.2, -0.15) is 0 Å². The topological polar surface area (TPSA) is 37.3 Å². The highest BCUT2D eigenvalue weighted by molar-refractivity contribution is 7.21. The Bertz CT molecular complexity index is 560. The fourth-order valence-corrected chi connectivity index (χ4v) is 2.48. The Morgan fingerprint density at radius 3 is 2.67 bits per heavy atom. The van der Waals surface area contributed by atoms with Crippen molar-refractivity contribution in [1.29, 1.82) is 0 Å². The summed E-state index contributed by atoms with van der Waals surface area (Å²) >= 11 is 0.826. The summed E-state index contributed by atoms with van der Waals surface area (Å²) in [6.07, 6.45) is 0. The number of rotatable bonds is 1. The average Bonchev–Trinajstić information content (AvgIpc) is 2.44. The lowest BCUT2D eigenvalue weighted by atomic mass is 10.1. The molecule has 0 spiro atoms. The monoisotopic (exact) mass is 228 g/mol. The second kappa shape index (κ2) is 3.27. The summed E-state index contributed by atoms with van der Waals surface area (Å²) < 4.78 is 26.4. The van der Waals surface area contributed by atoms with E-state index in [4.69, 9.17) is 5.11 Å². The fourth-order valence-electron chi connectivity index (χ4n) is 1.45. The molecule has 0 amide bonds. The van der Waals surface area contributed by atoms with Crippen molar-refractivity contribution in [1.82, 2.24) is 0 Å². The second-order valence-electron chi connectivity index (χ2n) is 3.13. The summed E-state index contributed by atoms with van der Waals surface area (Å²) in [6.45, 7) is 1.54. The Hall–Kier alpha value is -1.49. The zero-order chi connectivity index (χ0) is 11.2. The lowest BCUT2D eigenvalue weighted by Crippen LogP contribution is -1.93. The summed E-state index contributed by atoms with van der Waals surface area (Å²) in [5.41, 5.74) is 0.404. The van der Waals surface area contributed by atoms with Crippen molar-refractivity contribution in [2.45, 2.75) is 6.92 Å². The maximum Gasteiger partial charge on any atom is 0.346 e. The van der Waals surface area contributed by atoms with Crippen LogP contribution in [0.1, 0.15) is 15.2 Å². The maximum absolute atomic E-state index is 13.3. The van der Waals surface area contributed by atoms with Gasteiger partial charge in [-0.3, -0.25) is 0 Å². The van der Waals surface area contributed by atoms with Crippen molar-refractivity contribution >= 4 is 27.4 Å². The minimum absolute atomic E-state index is 0.0505. The first kappa shape index (κ1) is 10.0. The Morgan fingerprint density at radius 1 is 1.40 bits per heavy atom. The molecule has 0 saturated carbocycles. The minimum atomic E-state index is -1.12. The van der Waals surface area contributed by atoms with Gasteiger partial charge in [-0.05, 0) is 18.6 Å². The summed E-state index contributed by atoms with van der Waals surface area (Å²) in [4.78, 5) is 10.8. The largest absolute Gasteiger partial charge is 0.477 e. The van der Waals surface area contributed by atoms with Crippen molar-refractivity contribution in [3.63, 3.8) is 0 Å². The van der Waals surface area contributed by atoms with Gasteiger partial charge in [0.1, 0.15) is 16.5 Å². The van der Waals surface area contributed by atoms with Crippen LogP contribution in [0.2, 0.25) is 0 Å². The minimum Gasteiger partial charge on any atom is -0.477 e. The molecule has 5 heteroatoms. The third-order valence-electron chi connectivity index (χ3n) is 2.15. The van der Waals surface area contributed by atoms with Crippen LogP contribution in [0.25, 0.3) is 10.1 Å². The van der Waals surface area contributed by atoms with Crippen LogP contribution in [-0.4, -0.2) is 11.1 Å². The first-order chi connectivity index (χ1) is 7.00. The molecule has 0 unspecified atom stereocenters. The number of fused-ring (bicyclic) bond motifs is 1. The highest BCUT2D eigenvalue weighted by Gasteiger charge is 2.17. The quantitative estimate of drug-likeness (QED) is 0.813. The zero-order valence-corrected chi connectivity index (χ0v) is 8.49. The van der Waals surface area contributed by atoms with E-state index in [1.807, 2.05) is 0 Å². The van der Waals surface area contributed by atoms with E-state index in [0.29, 0.717) is 10.9 Å². The summed E-state index contributed by atoms with van der Waals surface area (Å²) in [5, 5.41) is 9.15. The van der Waals surface area contributed by atoms with E-state index in [9.17, 15) is 13.6 Å². The molecule has 0 saturated heterocycles. The number of halogens is 2.